The number of halogens is 1. The van der Waals surface area contributed by atoms with E-state index in [1.807, 2.05) is 86.1 Å². The summed E-state index contributed by atoms with van der Waals surface area (Å²) in [5, 5.41) is 11.0. The van der Waals surface area contributed by atoms with Gasteiger partial charge in [0.2, 0.25) is 0 Å². The van der Waals surface area contributed by atoms with Crippen molar-refractivity contribution in [3.63, 3.8) is 0 Å². The van der Waals surface area contributed by atoms with Crippen molar-refractivity contribution < 1.29 is 19.1 Å². The monoisotopic (exact) mass is 767 g/mol. The van der Waals surface area contributed by atoms with Crippen molar-refractivity contribution >= 4 is 51.9 Å². The van der Waals surface area contributed by atoms with E-state index in [-0.39, 0.29) is 24.6 Å². The number of ether oxygens (including phenoxy) is 2. The Morgan fingerprint density at radius 2 is 1.83 bits per heavy atom. The highest BCUT2D eigenvalue weighted by Crippen LogP contribution is 2.32. The topological polar surface area (TPSA) is 124 Å². The van der Waals surface area contributed by atoms with E-state index in [1.165, 1.54) is 0 Å². The molecule has 1 fully saturated rings. The van der Waals surface area contributed by atoms with Crippen LogP contribution >= 0.6 is 28.4 Å². The van der Waals surface area contributed by atoms with Gasteiger partial charge in [-0.15, -0.1) is 0 Å². The van der Waals surface area contributed by atoms with Crippen LogP contribution < -0.4 is 15.4 Å². The zero-order valence-electron chi connectivity index (χ0n) is 26.8. The first kappa shape index (κ1) is 33.1. The second kappa shape index (κ2) is 14.6. The molecule has 4 aromatic rings. The van der Waals surface area contributed by atoms with E-state index in [1.54, 1.807) is 4.90 Å². The Hall–Kier alpha value is -3.77. The highest BCUT2D eigenvalue weighted by atomic mass is 127. The number of benzene rings is 2. The fourth-order valence-corrected chi connectivity index (χ4v) is 6.82. The van der Waals surface area contributed by atoms with Gasteiger partial charge in [-0.2, -0.15) is 5.10 Å². The van der Waals surface area contributed by atoms with Crippen LogP contribution in [-0.4, -0.2) is 61.2 Å². The number of carbonyl (C=O) groups excluding carboxylic acids is 2. The summed E-state index contributed by atoms with van der Waals surface area (Å²) in [7, 11) is 0. The van der Waals surface area contributed by atoms with E-state index in [4.69, 9.17) is 19.4 Å². The summed E-state index contributed by atoms with van der Waals surface area (Å²) in [6.07, 6.45) is 8.99. The molecule has 3 heterocycles. The second-order valence-corrected chi connectivity index (χ2v) is 14.9. The number of fused-ring (bicyclic) bond motifs is 1. The highest BCUT2D eigenvalue weighted by molar-refractivity contribution is 14.2. The molecule has 0 radical (unpaired) electrons. The van der Waals surface area contributed by atoms with Crippen LogP contribution in [0.2, 0.25) is 0 Å². The van der Waals surface area contributed by atoms with E-state index >= 15 is 0 Å². The predicted molar refractivity (Wildman–Crippen MR) is 192 cm³/mol. The molecule has 246 valence electrons. The van der Waals surface area contributed by atoms with Gasteiger partial charge in [0, 0.05) is 47.6 Å². The van der Waals surface area contributed by atoms with Gasteiger partial charge in [0.25, 0.3) is 5.91 Å². The van der Waals surface area contributed by atoms with Crippen LogP contribution in [0.3, 0.4) is 0 Å². The van der Waals surface area contributed by atoms with Crippen LogP contribution in [-0.2, 0) is 22.5 Å². The minimum Gasteiger partial charge on any atom is -0.484 e. The van der Waals surface area contributed by atoms with Crippen molar-refractivity contribution in [3.05, 3.63) is 72.2 Å². The highest BCUT2D eigenvalue weighted by Gasteiger charge is 2.29. The summed E-state index contributed by atoms with van der Waals surface area (Å²) >= 11 is 2.31. The van der Waals surface area contributed by atoms with Gasteiger partial charge in [-0.25, -0.2) is 19.2 Å². The Labute approximate surface area is 289 Å². The Morgan fingerprint density at radius 1 is 1.04 bits per heavy atom. The maximum absolute atomic E-state index is 13.0. The van der Waals surface area contributed by atoms with Crippen molar-refractivity contribution in [2.24, 2.45) is 0 Å². The van der Waals surface area contributed by atoms with Crippen LogP contribution in [0.15, 0.2) is 60.9 Å². The Bertz CT molecular complexity index is 1740. The summed E-state index contributed by atoms with van der Waals surface area (Å²) in [6.45, 7) is 6.34. The molecule has 2 N–H and O–H groups in total. The van der Waals surface area contributed by atoms with Gasteiger partial charge < -0.3 is 25.0 Å². The third-order valence-corrected chi connectivity index (χ3v) is 9.95. The molecule has 0 saturated heterocycles. The zero-order chi connectivity index (χ0) is 33.0. The van der Waals surface area contributed by atoms with Crippen molar-refractivity contribution in [1.29, 1.82) is 0 Å². The molecule has 0 bridgehead atoms. The first-order chi connectivity index (χ1) is 22.6. The van der Waals surface area contributed by atoms with E-state index in [2.05, 4.69) is 37.8 Å². The standard InChI is InChI=1S/C34H39IN7O4P/c1-34(2,3)46-33(44)41-16-15-29-28(20-41)32(38-26-13-11-22(12-14-26)24-18-36-42(19-24)47-35)40-31(39-29)23-7-6-10-27(17-23)45-21-30(43)37-25-8-4-5-9-25/h6-7,10-14,17-19,25,47H,4-5,8-9,15-16,20-21H2,1-3H3,(H,37,43)(H,38,39,40). The molecule has 11 nitrogen and oxygen atoms in total. The first-order valence-corrected chi connectivity index (χ1v) is 19.9. The van der Waals surface area contributed by atoms with Crippen molar-refractivity contribution in [1.82, 2.24) is 29.7 Å². The number of amides is 2. The number of rotatable bonds is 9. The molecule has 1 aliphatic carbocycles. The van der Waals surface area contributed by atoms with Crippen LogP contribution in [0.1, 0.15) is 57.7 Å². The lowest BCUT2D eigenvalue weighted by molar-refractivity contribution is -0.123. The maximum Gasteiger partial charge on any atom is 0.410 e. The fraction of sp³-hybridized carbons (Fsp3) is 0.382. The zero-order valence-corrected chi connectivity index (χ0v) is 29.9. The van der Waals surface area contributed by atoms with E-state index in [0.717, 1.165) is 59.3 Å². The molecule has 1 saturated carbocycles. The van der Waals surface area contributed by atoms with Crippen LogP contribution in [0.25, 0.3) is 22.5 Å². The van der Waals surface area contributed by atoms with Crippen molar-refractivity contribution in [2.75, 3.05) is 18.5 Å². The Kier molecular flexibility index (Phi) is 10.3. The quantitative estimate of drug-likeness (QED) is 0.135. The Morgan fingerprint density at radius 3 is 2.55 bits per heavy atom. The molecule has 2 aromatic carbocycles. The minimum atomic E-state index is -0.599. The number of hydrogen-bond donors (Lipinski definition) is 2. The maximum atomic E-state index is 13.0. The second-order valence-electron chi connectivity index (χ2n) is 12.8. The summed E-state index contributed by atoms with van der Waals surface area (Å²) in [5.74, 6) is 1.60. The molecule has 6 rings (SSSR count). The summed E-state index contributed by atoms with van der Waals surface area (Å²) in [5.41, 5.74) is 4.84. The molecule has 13 heteroatoms. The molecule has 1 atom stereocenters. The molecule has 1 unspecified atom stereocenters. The van der Waals surface area contributed by atoms with Crippen molar-refractivity contribution in [3.8, 4) is 28.3 Å². The fourth-order valence-electron chi connectivity index (χ4n) is 5.74. The molecule has 0 spiro atoms. The number of aromatic nitrogens is 4. The number of nitrogens with zero attached hydrogens (tertiary/aromatic N) is 5. The summed E-state index contributed by atoms with van der Waals surface area (Å²) in [4.78, 5) is 37.1. The third-order valence-electron chi connectivity index (χ3n) is 8.04. The van der Waals surface area contributed by atoms with Gasteiger partial charge in [-0.05, 0) is 85.5 Å². The van der Waals surface area contributed by atoms with Gasteiger partial charge in [-0.1, -0.05) is 37.1 Å². The molecule has 2 aliphatic rings. The largest absolute Gasteiger partial charge is 0.484 e. The third kappa shape index (κ3) is 8.58. The number of carbonyl (C=O) groups is 2. The van der Waals surface area contributed by atoms with E-state index < -0.39 is 5.60 Å². The SMILES string of the molecule is CC(C)(C)OC(=O)N1CCc2nc(-c3cccc(OCC(=O)NC4CCCC4)c3)nc(Nc3ccc(-c4cnn(PI)c4)cc3)c2C1. The first-order valence-electron chi connectivity index (χ1n) is 15.8. The summed E-state index contributed by atoms with van der Waals surface area (Å²) in [6, 6.07) is 15.8. The van der Waals surface area contributed by atoms with Gasteiger partial charge >= 0.3 is 6.09 Å². The predicted octanol–water partition coefficient (Wildman–Crippen LogP) is 7.27. The average Bonchev–Trinajstić information content (AvgIpc) is 3.76. The molecule has 2 aromatic heterocycles. The number of anilines is 2. The smallest absolute Gasteiger partial charge is 0.410 e. The Balaban J connectivity index is 1.25. The minimum absolute atomic E-state index is 0.0481. The summed E-state index contributed by atoms with van der Waals surface area (Å²) < 4.78 is 13.5. The lowest BCUT2D eigenvalue weighted by Gasteiger charge is -2.31. The average molecular weight is 768 g/mol. The van der Waals surface area contributed by atoms with Crippen LogP contribution in [0, 0.1) is 0 Å². The lowest BCUT2D eigenvalue weighted by Crippen LogP contribution is -2.40. The number of hydrogen-bond acceptors (Lipinski definition) is 8. The van der Waals surface area contributed by atoms with Crippen LogP contribution in [0.4, 0.5) is 16.3 Å². The molecule has 2 amide bonds. The van der Waals surface area contributed by atoms with Gasteiger partial charge in [0.1, 0.15) is 17.2 Å². The van der Waals surface area contributed by atoms with Crippen molar-refractivity contribution in [2.45, 2.75) is 71.1 Å². The molecule has 47 heavy (non-hydrogen) atoms. The lowest BCUT2D eigenvalue weighted by atomic mass is 10.0. The van der Waals surface area contributed by atoms with Gasteiger partial charge in [-0.3, -0.25) is 4.79 Å². The van der Waals surface area contributed by atoms with E-state index in [0.29, 0.717) is 43.3 Å². The van der Waals surface area contributed by atoms with Crippen LogP contribution in [0.5, 0.6) is 5.75 Å². The molecular formula is C34H39IN7O4P. The van der Waals surface area contributed by atoms with E-state index in [9.17, 15) is 9.59 Å². The normalized spacial score (nSPS) is 15.1. The van der Waals surface area contributed by atoms with Gasteiger partial charge in [0.05, 0.1) is 24.8 Å². The molecule has 1 aliphatic heterocycles. The van der Waals surface area contributed by atoms with Gasteiger partial charge in [0.15, 0.2) is 12.4 Å². The number of nitrogens with one attached hydrogen (secondary N) is 2. The molecular weight excluding hydrogens is 728 g/mol.